The van der Waals surface area contributed by atoms with Crippen molar-refractivity contribution in [3.05, 3.63) is 47.9 Å². The Hall–Kier alpha value is -3.49. The molecule has 176 valence electrons. The normalized spacial score (nSPS) is 17.5. The van der Waals surface area contributed by atoms with Gasteiger partial charge < -0.3 is 15.0 Å². The van der Waals surface area contributed by atoms with Crippen molar-refractivity contribution in [2.45, 2.75) is 52.1 Å². The van der Waals surface area contributed by atoms with Gasteiger partial charge in [-0.3, -0.25) is 15.0 Å². The van der Waals surface area contributed by atoms with Gasteiger partial charge in [0.1, 0.15) is 17.4 Å². The van der Waals surface area contributed by atoms with Gasteiger partial charge in [-0.2, -0.15) is 5.10 Å². The number of anilines is 2. The quantitative estimate of drug-likeness (QED) is 0.434. The molecule has 9 heteroatoms. The molecule has 2 aromatic rings. The number of nitrogens with zero attached hydrogens (tertiary/aromatic N) is 3. The Bertz CT molecular complexity index is 996. The maximum Gasteiger partial charge on any atom is 0.275 e. The van der Waals surface area contributed by atoms with E-state index in [4.69, 9.17) is 4.74 Å². The summed E-state index contributed by atoms with van der Waals surface area (Å²) in [6, 6.07) is 9.02. The highest BCUT2D eigenvalue weighted by Gasteiger charge is 2.38. The van der Waals surface area contributed by atoms with E-state index in [1.165, 1.54) is 19.1 Å². The number of rotatable bonds is 9. The zero-order valence-corrected chi connectivity index (χ0v) is 19.2. The van der Waals surface area contributed by atoms with E-state index in [1.54, 1.807) is 24.3 Å². The third kappa shape index (κ3) is 6.06. The van der Waals surface area contributed by atoms with Crippen LogP contribution in [0.4, 0.5) is 15.9 Å². The van der Waals surface area contributed by atoms with Gasteiger partial charge in [-0.05, 0) is 63.1 Å². The van der Waals surface area contributed by atoms with Crippen molar-refractivity contribution in [3.8, 4) is 5.75 Å². The molecule has 2 amide bonds. The van der Waals surface area contributed by atoms with Crippen molar-refractivity contribution in [3.63, 3.8) is 0 Å². The number of pyridine rings is 1. The van der Waals surface area contributed by atoms with Gasteiger partial charge in [0.25, 0.3) is 5.91 Å². The first-order valence-corrected chi connectivity index (χ1v) is 11.0. The minimum Gasteiger partial charge on any atom is -0.493 e. The minimum absolute atomic E-state index is 0.0475. The number of hydrogen-bond acceptors (Lipinski definition) is 6. The lowest BCUT2D eigenvalue weighted by Gasteiger charge is -2.36. The van der Waals surface area contributed by atoms with E-state index >= 15 is 0 Å². The van der Waals surface area contributed by atoms with Crippen LogP contribution in [-0.4, -0.2) is 47.1 Å². The van der Waals surface area contributed by atoms with E-state index < -0.39 is 0 Å². The molecule has 1 saturated carbocycles. The fraction of sp³-hybridized carbons (Fsp3) is 0.417. The molecule has 1 aromatic carbocycles. The maximum absolute atomic E-state index is 13.7. The van der Waals surface area contributed by atoms with Crippen LogP contribution >= 0.6 is 0 Å². The zero-order valence-electron chi connectivity index (χ0n) is 19.2. The molecule has 2 N–H and O–H groups in total. The van der Waals surface area contributed by atoms with E-state index in [1.807, 2.05) is 18.7 Å². The number of amides is 2. The van der Waals surface area contributed by atoms with Crippen molar-refractivity contribution in [1.82, 2.24) is 9.88 Å². The SMILES string of the molecule is C=NNc1ccc(NC(C)=O)nc1C(=O)N(C(C)C)[C@H]1CCC[C@@H]1COc1ccc(F)cc1. The second-order valence-corrected chi connectivity index (χ2v) is 8.37. The maximum atomic E-state index is 13.7. The van der Waals surface area contributed by atoms with Crippen molar-refractivity contribution < 1.29 is 18.7 Å². The topological polar surface area (TPSA) is 95.9 Å². The largest absolute Gasteiger partial charge is 0.493 e. The lowest BCUT2D eigenvalue weighted by molar-refractivity contribution is -0.114. The van der Waals surface area contributed by atoms with Crippen LogP contribution in [0.2, 0.25) is 0 Å². The number of ether oxygens (including phenoxy) is 1. The summed E-state index contributed by atoms with van der Waals surface area (Å²) >= 11 is 0. The Kier molecular flexibility index (Phi) is 7.97. The Morgan fingerprint density at radius 2 is 1.97 bits per heavy atom. The number of carbonyl (C=O) groups is 2. The van der Waals surface area contributed by atoms with Crippen LogP contribution in [0.25, 0.3) is 0 Å². The van der Waals surface area contributed by atoms with Crippen molar-refractivity contribution in [2.75, 3.05) is 17.3 Å². The van der Waals surface area contributed by atoms with Crippen LogP contribution < -0.4 is 15.5 Å². The van der Waals surface area contributed by atoms with E-state index in [0.717, 1.165) is 19.3 Å². The van der Waals surface area contributed by atoms with E-state index in [2.05, 4.69) is 27.5 Å². The summed E-state index contributed by atoms with van der Waals surface area (Å²) in [4.78, 5) is 31.4. The predicted molar refractivity (Wildman–Crippen MR) is 126 cm³/mol. The van der Waals surface area contributed by atoms with E-state index in [9.17, 15) is 14.0 Å². The molecular weight excluding hydrogens is 425 g/mol. The Morgan fingerprint density at radius 3 is 2.61 bits per heavy atom. The molecule has 1 aliphatic carbocycles. The van der Waals surface area contributed by atoms with Crippen molar-refractivity contribution in [2.24, 2.45) is 11.0 Å². The molecule has 0 aliphatic heterocycles. The van der Waals surface area contributed by atoms with Gasteiger partial charge in [0.15, 0.2) is 5.69 Å². The van der Waals surface area contributed by atoms with Crippen LogP contribution in [0.1, 0.15) is 50.5 Å². The molecule has 1 heterocycles. The summed E-state index contributed by atoms with van der Waals surface area (Å²) in [5, 5.41) is 6.30. The molecule has 1 fully saturated rings. The summed E-state index contributed by atoms with van der Waals surface area (Å²) < 4.78 is 19.1. The first kappa shape index (κ1) is 24.2. The third-order valence-electron chi connectivity index (χ3n) is 5.65. The predicted octanol–water partition coefficient (Wildman–Crippen LogP) is 4.30. The van der Waals surface area contributed by atoms with Crippen molar-refractivity contribution >= 4 is 30.0 Å². The number of carbonyl (C=O) groups excluding carboxylic acids is 2. The van der Waals surface area contributed by atoms with Gasteiger partial charge in [0.2, 0.25) is 5.91 Å². The van der Waals surface area contributed by atoms with Gasteiger partial charge in [0.05, 0.1) is 12.3 Å². The number of nitrogens with one attached hydrogen (secondary N) is 2. The molecule has 3 rings (SSSR count). The first-order valence-electron chi connectivity index (χ1n) is 11.0. The molecule has 8 nitrogen and oxygen atoms in total. The van der Waals surface area contributed by atoms with Crippen LogP contribution in [0, 0.1) is 11.7 Å². The molecule has 0 unspecified atom stereocenters. The third-order valence-corrected chi connectivity index (χ3v) is 5.65. The number of hydrogen-bond donors (Lipinski definition) is 2. The van der Waals surface area contributed by atoms with Gasteiger partial charge in [-0.25, -0.2) is 9.37 Å². The van der Waals surface area contributed by atoms with Crippen molar-refractivity contribution in [1.29, 1.82) is 0 Å². The van der Waals surface area contributed by atoms with Gasteiger partial charge in [0, 0.05) is 31.6 Å². The average molecular weight is 456 g/mol. The van der Waals surface area contributed by atoms with E-state index in [-0.39, 0.29) is 47.1 Å². The Labute approximate surface area is 193 Å². The lowest BCUT2D eigenvalue weighted by atomic mass is 10.0. The zero-order chi connectivity index (χ0) is 24.0. The van der Waals surface area contributed by atoms with Gasteiger partial charge >= 0.3 is 0 Å². The number of benzene rings is 1. The molecular formula is C24H30FN5O3. The smallest absolute Gasteiger partial charge is 0.275 e. The fourth-order valence-electron chi connectivity index (χ4n) is 4.25. The highest BCUT2D eigenvalue weighted by atomic mass is 19.1. The molecule has 1 aromatic heterocycles. The Morgan fingerprint density at radius 1 is 1.24 bits per heavy atom. The van der Waals surface area contributed by atoms with Crippen LogP contribution in [0.3, 0.4) is 0 Å². The van der Waals surface area contributed by atoms with Gasteiger partial charge in [-0.1, -0.05) is 6.42 Å². The highest BCUT2D eigenvalue weighted by molar-refractivity contribution is 5.99. The van der Waals surface area contributed by atoms with Crippen LogP contribution in [0.5, 0.6) is 5.75 Å². The molecule has 2 atom stereocenters. The molecule has 0 radical (unpaired) electrons. The highest BCUT2D eigenvalue weighted by Crippen LogP contribution is 2.34. The molecule has 0 bridgehead atoms. The van der Waals surface area contributed by atoms with Crippen LogP contribution in [0.15, 0.2) is 41.5 Å². The number of halogens is 1. The summed E-state index contributed by atoms with van der Waals surface area (Å²) in [5.74, 6) is 0.142. The average Bonchev–Trinajstić information content (AvgIpc) is 3.22. The number of hydrazone groups is 1. The summed E-state index contributed by atoms with van der Waals surface area (Å²) in [6.45, 7) is 9.16. The molecule has 1 aliphatic rings. The standard InChI is InChI=1S/C24H30FN5O3/c1-15(2)30(21-7-5-6-17(21)14-33-19-10-8-18(25)9-11-19)24(32)23-20(29-26-4)12-13-22(28-23)27-16(3)31/h8-13,15,17,21,29H,4-7,14H2,1-3H3,(H,27,28,31)/t17-,21+/m1/s1. The first-order chi connectivity index (χ1) is 15.8. The minimum atomic E-state index is -0.315. The summed E-state index contributed by atoms with van der Waals surface area (Å²) in [6.07, 6.45) is 2.73. The second kappa shape index (κ2) is 10.9. The number of aromatic nitrogens is 1. The lowest BCUT2D eigenvalue weighted by Crippen LogP contribution is -2.48. The molecule has 33 heavy (non-hydrogen) atoms. The molecule has 0 spiro atoms. The molecule has 0 saturated heterocycles. The second-order valence-electron chi connectivity index (χ2n) is 8.37. The fourth-order valence-corrected chi connectivity index (χ4v) is 4.25. The monoisotopic (exact) mass is 455 g/mol. The van der Waals surface area contributed by atoms with Gasteiger partial charge in [-0.15, -0.1) is 0 Å². The summed E-state index contributed by atoms with van der Waals surface area (Å²) in [7, 11) is 0. The van der Waals surface area contributed by atoms with E-state index in [0.29, 0.717) is 18.0 Å². The van der Waals surface area contributed by atoms with Crippen LogP contribution in [-0.2, 0) is 4.79 Å². The summed E-state index contributed by atoms with van der Waals surface area (Å²) in [5.41, 5.74) is 3.29. The Balaban J connectivity index is 1.84.